The second-order valence-electron chi connectivity index (χ2n) is 8.42. The fourth-order valence-electron chi connectivity index (χ4n) is 4.54. The van der Waals surface area contributed by atoms with E-state index >= 15 is 0 Å². The highest BCUT2D eigenvalue weighted by Gasteiger charge is 2.21. The molecule has 1 saturated heterocycles. The summed E-state index contributed by atoms with van der Waals surface area (Å²) < 4.78 is 0. The van der Waals surface area contributed by atoms with Gasteiger partial charge < -0.3 is 10.2 Å². The number of rotatable bonds is 4. The van der Waals surface area contributed by atoms with Gasteiger partial charge in [0.15, 0.2) is 0 Å². The lowest BCUT2D eigenvalue weighted by Gasteiger charge is -2.35. The summed E-state index contributed by atoms with van der Waals surface area (Å²) in [7, 11) is 0. The first-order valence-electron chi connectivity index (χ1n) is 10.8. The summed E-state index contributed by atoms with van der Waals surface area (Å²) >= 11 is 6.43. The van der Waals surface area contributed by atoms with Crippen LogP contribution in [0.2, 0.25) is 5.02 Å². The van der Waals surface area contributed by atoms with Gasteiger partial charge in [-0.15, -0.1) is 0 Å². The van der Waals surface area contributed by atoms with Crippen LogP contribution in [0.15, 0.2) is 48.8 Å². The van der Waals surface area contributed by atoms with Gasteiger partial charge >= 0.3 is 0 Å². The highest BCUT2D eigenvalue weighted by atomic mass is 35.5. The Balaban J connectivity index is 1.27. The van der Waals surface area contributed by atoms with E-state index in [1.807, 2.05) is 30.3 Å². The summed E-state index contributed by atoms with van der Waals surface area (Å²) in [5.74, 6) is 0.480. The molecule has 4 aromatic rings. The van der Waals surface area contributed by atoms with Crippen LogP contribution in [0.3, 0.4) is 0 Å². The highest BCUT2D eigenvalue weighted by molar-refractivity contribution is 6.35. The highest BCUT2D eigenvalue weighted by Crippen LogP contribution is 2.34. The lowest BCUT2D eigenvalue weighted by Crippen LogP contribution is -2.45. The molecule has 164 valence electrons. The molecule has 3 heterocycles. The maximum Gasteiger partial charge on any atom is 0.146 e. The van der Waals surface area contributed by atoms with Gasteiger partial charge in [-0.05, 0) is 36.8 Å². The number of phenols is 2. The molecule has 0 unspecified atom stereocenters. The number of hydrogen-bond acceptors (Lipinski definition) is 6. The summed E-state index contributed by atoms with van der Waals surface area (Å²) in [6.45, 7) is 6.84. The van der Waals surface area contributed by atoms with Gasteiger partial charge in [-0.3, -0.25) is 19.8 Å². The Labute approximate surface area is 191 Å². The molecule has 0 saturated carbocycles. The second kappa shape index (κ2) is 8.54. The number of halogens is 1. The molecule has 0 amide bonds. The van der Waals surface area contributed by atoms with E-state index in [2.05, 4.69) is 32.8 Å². The third-order valence-electron chi connectivity index (χ3n) is 6.30. The molecule has 1 fully saturated rings. The average Bonchev–Trinajstić information content (AvgIpc) is 2.82. The first-order chi connectivity index (χ1) is 15.5. The number of benzene rings is 2. The molecule has 7 heteroatoms. The number of fused-ring (bicyclic) bond motifs is 2. The standard InChI is InChI=1S/C25H25ClN4O2/c1-16-12-17(24(31)22-19(16)4-2-6-27-22)14-29-8-10-30(11-9-29)15-18-13-21(26)20-5-3-7-28-23(20)25(18)32/h2-7,12-13,31-32H,8-11,14-15H2,1H3. The molecule has 5 rings (SSSR count). The lowest BCUT2D eigenvalue weighted by molar-refractivity contribution is 0.120. The van der Waals surface area contributed by atoms with Gasteiger partial charge in [-0.25, -0.2) is 0 Å². The molecule has 2 aromatic heterocycles. The van der Waals surface area contributed by atoms with Crippen molar-refractivity contribution < 1.29 is 10.2 Å². The van der Waals surface area contributed by atoms with Crippen molar-refractivity contribution in [1.82, 2.24) is 19.8 Å². The third-order valence-corrected chi connectivity index (χ3v) is 6.61. The number of pyridine rings is 2. The van der Waals surface area contributed by atoms with Gasteiger partial charge in [0.2, 0.25) is 0 Å². The van der Waals surface area contributed by atoms with Gasteiger partial charge in [-0.2, -0.15) is 0 Å². The number of aryl methyl sites for hydroxylation is 1. The van der Waals surface area contributed by atoms with Crippen LogP contribution in [0.5, 0.6) is 11.5 Å². The van der Waals surface area contributed by atoms with E-state index in [4.69, 9.17) is 11.6 Å². The fraction of sp³-hybridized carbons (Fsp3) is 0.280. The fourth-order valence-corrected chi connectivity index (χ4v) is 4.82. The Bertz CT molecular complexity index is 1200. The van der Waals surface area contributed by atoms with E-state index in [0.29, 0.717) is 29.1 Å². The molecule has 2 N–H and O–H groups in total. The van der Waals surface area contributed by atoms with E-state index in [1.165, 1.54) is 0 Å². The van der Waals surface area contributed by atoms with E-state index in [1.54, 1.807) is 12.4 Å². The minimum atomic E-state index is 0.205. The van der Waals surface area contributed by atoms with Crippen molar-refractivity contribution in [2.75, 3.05) is 26.2 Å². The van der Waals surface area contributed by atoms with Crippen LogP contribution in [0.4, 0.5) is 0 Å². The van der Waals surface area contributed by atoms with Crippen molar-refractivity contribution in [3.63, 3.8) is 0 Å². The Kier molecular flexibility index (Phi) is 5.59. The molecular formula is C25H25ClN4O2. The number of nitrogens with zero attached hydrogens (tertiary/aromatic N) is 4. The quantitative estimate of drug-likeness (QED) is 0.479. The van der Waals surface area contributed by atoms with Crippen LogP contribution in [0.1, 0.15) is 16.7 Å². The molecule has 32 heavy (non-hydrogen) atoms. The minimum Gasteiger partial charge on any atom is -0.505 e. The zero-order chi connectivity index (χ0) is 22.2. The summed E-state index contributed by atoms with van der Waals surface area (Å²) in [5.41, 5.74) is 4.04. The molecular weight excluding hydrogens is 424 g/mol. The zero-order valence-corrected chi connectivity index (χ0v) is 18.7. The molecule has 6 nitrogen and oxygen atoms in total. The summed E-state index contributed by atoms with van der Waals surface area (Å²) in [5, 5.41) is 23.8. The van der Waals surface area contributed by atoms with Gasteiger partial charge in [0.25, 0.3) is 0 Å². The Morgan fingerprint density at radius 3 is 1.91 bits per heavy atom. The molecule has 0 radical (unpaired) electrons. The Hall–Kier alpha value is -2.93. The van der Waals surface area contributed by atoms with Crippen molar-refractivity contribution in [2.24, 2.45) is 0 Å². The monoisotopic (exact) mass is 448 g/mol. The van der Waals surface area contributed by atoms with Gasteiger partial charge in [0.1, 0.15) is 22.5 Å². The lowest BCUT2D eigenvalue weighted by atomic mass is 10.0. The molecule has 0 aliphatic carbocycles. The summed E-state index contributed by atoms with van der Waals surface area (Å²) in [4.78, 5) is 13.3. The van der Waals surface area contributed by atoms with Crippen LogP contribution in [-0.2, 0) is 13.1 Å². The largest absolute Gasteiger partial charge is 0.505 e. The summed E-state index contributed by atoms with van der Waals surface area (Å²) in [6, 6.07) is 11.5. The van der Waals surface area contributed by atoms with Crippen LogP contribution in [-0.4, -0.2) is 56.2 Å². The van der Waals surface area contributed by atoms with Crippen LogP contribution >= 0.6 is 11.6 Å². The maximum atomic E-state index is 10.7. The Morgan fingerprint density at radius 1 is 0.812 bits per heavy atom. The normalized spacial score (nSPS) is 15.6. The van der Waals surface area contributed by atoms with E-state index < -0.39 is 0 Å². The van der Waals surface area contributed by atoms with Crippen LogP contribution < -0.4 is 0 Å². The number of aromatic hydroxyl groups is 2. The maximum absolute atomic E-state index is 10.7. The van der Waals surface area contributed by atoms with Gasteiger partial charge in [0.05, 0.1) is 5.02 Å². The molecule has 0 bridgehead atoms. The third kappa shape index (κ3) is 3.86. The second-order valence-corrected chi connectivity index (χ2v) is 8.83. The minimum absolute atomic E-state index is 0.205. The van der Waals surface area contributed by atoms with Crippen molar-refractivity contribution in [3.05, 3.63) is 70.5 Å². The zero-order valence-electron chi connectivity index (χ0n) is 17.9. The molecule has 1 aliphatic rings. The van der Waals surface area contributed by atoms with Crippen molar-refractivity contribution >= 4 is 33.4 Å². The topological polar surface area (TPSA) is 72.7 Å². The molecule has 1 aliphatic heterocycles. The van der Waals surface area contributed by atoms with Crippen molar-refractivity contribution in [1.29, 1.82) is 0 Å². The Morgan fingerprint density at radius 2 is 1.31 bits per heavy atom. The number of piperazine rings is 1. The SMILES string of the molecule is Cc1cc(CN2CCN(Cc3cc(Cl)c4cccnc4c3O)CC2)c(O)c2ncccc12. The summed E-state index contributed by atoms with van der Waals surface area (Å²) in [6.07, 6.45) is 3.38. The number of phenolic OH excluding ortho intramolecular Hbond substituents is 2. The number of aromatic nitrogens is 2. The van der Waals surface area contributed by atoms with Gasteiger partial charge in [-0.1, -0.05) is 23.7 Å². The first kappa shape index (κ1) is 20.9. The van der Waals surface area contributed by atoms with E-state index in [0.717, 1.165) is 53.6 Å². The van der Waals surface area contributed by atoms with Gasteiger partial charge in [0, 0.05) is 73.6 Å². The van der Waals surface area contributed by atoms with Crippen molar-refractivity contribution in [2.45, 2.75) is 20.0 Å². The van der Waals surface area contributed by atoms with Crippen LogP contribution in [0.25, 0.3) is 21.8 Å². The molecule has 2 aromatic carbocycles. The molecule has 0 spiro atoms. The van der Waals surface area contributed by atoms with E-state index in [9.17, 15) is 10.2 Å². The number of hydrogen-bond donors (Lipinski definition) is 2. The predicted molar refractivity (Wildman–Crippen MR) is 127 cm³/mol. The van der Waals surface area contributed by atoms with Crippen molar-refractivity contribution in [3.8, 4) is 11.5 Å². The van der Waals surface area contributed by atoms with Crippen LogP contribution in [0, 0.1) is 6.92 Å². The predicted octanol–water partition coefficient (Wildman–Crippen LogP) is 4.47. The first-order valence-corrected chi connectivity index (χ1v) is 11.1. The molecule has 0 atom stereocenters. The smallest absolute Gasteiger partial charge is 0.146 e. The van der Waals surface area contributed by atoms with E-state index in [-0.39, 0.29) is 11.5 Å². The average molecular weight is 449 g/mol.